The number of benzene rings is 3. The van der Waals surface area contributed by atoms with Crippen molar-refractivity contribution in [3.8, 4) is 0 Å². The fourth-order valence-electron chi connectivity index (χ4n) is 3.59. The van der Waals surface area contributed by atoms with E-state index >= 15 is 0 Å². The standard InChI is InChI=1S/C26H23O10Si/c27-14-19(16-8-3-1-4-9-16)25(33)35-37(21-13-7-12-18(23(29)30)22(21)24(31)32)36-26(34)20(15-28)17-10-5-2-6-11-17/h1-13,19-20,27-28H,14-15H2,(H,29,30)(H,31,32). The molecule has 0 aliphatic rings. The van der Waals surface area contributed by atoms with E-state index in [1.165, 1.54) is 12.1 Å². The van der Waals surface area contributed by atoms with Gasteiger partial charge in [-0.15, -0.1) is 0 Å². The van der Waals surface area contributed by atoms with Gasteiger partial charge in [0.15, 0.2) is 0 Å². The molecule has 0 amide bonds. The van der Waals surface area contributed by atoms with E-state index in [9.17, 15) is 39.6 Å². The summed E-state index contributed by atoms with van der Waals surface area (Å²) in [5, 5.41) is 38.7. The van der Waals surface area contributed by atoms with Crippen molar-refractivity contribution in [3.63, 3.8) is 0 Å². The van der Waals surface area contributed by atoms with Crippen molar-refractivity contribution in [3.05, 3.63) is 101 Å². The first-order valence-electron chi connectivity index (χ1n) is 11.0. The maximum absolute atomic E-state index is 13.1. The highest BCUT2D eigenvalue weighted by molar-refractivity contribution is 6.66. The van der Waals surface area contributed by atoms with Gasteiger partial charge in [0, 0.05) is 5.19 Å². The molecular weight excluding hydrogens is 500 g/mol. The largest absolute Gasteiger partial charge is 0.577 e. The first kappa shape index (κ1) is 27.3. The third-order valence-electron chi connectivity index (χ3n) is 5.45. The minimum absolute atomic E-state index is 0.311. The number of carbonyl (C=O) groups is 4. The quantitative estimate of drug-likeness (QED) is 0.270. The number of aliphatic hydroxyl groups excluding tert-OH is 2. The Morgan fingerprint density at radius 1 is 0.649 bits per heavy atom. The Balaban J connectivity index is 2.04. The number of carboxylic acid groups (broad SMARTS) is 2. The summed E-state index contributed by atoms with van der Waals surface area (Å²) in [4.78, 5) is 49.9. The molecule has 0 aromatic heterocycles. The van der Waals surface area contributed by atoms with Crippen LogP contribution in [0, 0.1) is 0 Å². The van der Waals surface area contributed by atoms with Crippen LogP contribution in [0.15, 0.2) is 78.9 Å². The Labute approximate surface area is 213 Å². The fraction of sp³-hybridized carbons (Fsp3) is 0.154. The van der Waals surface area contributed by atoms with Crippen molar-refractivity contribution in [2.24, 2.45) is 0 Å². The fourth-order valence-corrected chi connectivity index (χ4v) is 5.18. The van der Waals surface area contributed by atoms with E-state index in [2.05, 4.69) is 0 Å². The predicted octanol–water partition coefficient (Wildman–Crippen LogP) is 1.42. The van der Waals surface area contributed by atoms with Gasteiger partial charge in [-0.2, -0.15) is 0 Å². The molecule has 3 rings (SSSR count). The molecule has 1 radical (unpaired) electrons. The van der Waals surface area contributed by atoms with Crippen LogP contribution in [-0.4, -0.2) is 66.8 Å². The van der Waals surface area contributed by atoms with Gasteiger partial charge in [0.2, 0.25) is 0 Å². The van der Waals surface area contributed by atoms with Gasteiger partial charge in [0.25, 0.3) is 0 Å². The van der Waals surface area contributed by atoms with E-state index in [1.54, 1.807) is 60.7 Å². The highest BCUT2D eigenvalue weighted by atomic mass is 28.3. The summed E-state index contributed by atoms with van der Waals surface area (Å²) in [5.74, 6) is -7.56. The molecule has 0 bridgehead atoms. The lowest BCUT2D eigenvalue weighted by Crippen LogP contribution is -2.46. The van der Waals surface area contributed by atoms with E-state index in [4.69, 9.17) is 8.85 Å². The molecular formula is C26H23O10Si. The summed E-state index contributed by atoms with van der Waals surface area (Å²) >= 11 is 0. The van der Waals surface area contributed by atoms with Crippen LogP contribution in [0.5, 0.6) is 0 Å². The molecule has 4 N–H and O–H groups in total. The van der Waals surface area contributed by atoms with E-state index in [1.807, 2.05) is 0 Å². The average Bonchev–Trinajstić information content (AvgIpc) is 2.90. The van der Waals surface area contributed by atoms with Crippen LogP contribution < -0.4 is 5.19 Å². The molecule has 0 aliphatic carbocycles. The number of aromatic carboxylic acids is 2. The summed E-state index contributed by atoms with van der Waals surface area (Å²) < 4.78 is 11.0. The highest BCUT2D eigenvalue weighted by Gasteiger charge is 2.39. The Morgan fingerprint density at radius 3 is 1.49 bits per heavy atom. The Morgan fingerprint density at radius 2 is 1.11 bits per heavy atom. The molecule has 0 saturated carbocycles. The summed E-state index contributed by atoms with van der Waals surface area (Å²) in [6.45, 7) is -1.31. The number of rotatable bonds is 11. The molecule has 3 aromatic rings. The van der Waals surface area contributed by atoms with Gasteiger partial charge < -0.3 is 29.3 Å². The molecule has 191 valence electrons. The van der Waals surface area contributed by atoms with Crippen LogP contribution in [0.2, 0.25) is 0 Å². The normalized spacial score (nSPS) is 12.4. The van der Waals surface area contributed by atoms with Gasteiger partial charge >= 0.3 is 33.2 Å². The van der Waals surface area contributed by atoms with E-state index < -0.39 is 69.3 Å². The molecule has 37 heavy (non-hydrogen) atoms. The van der Waals surface area contributed by atoms with Crippen LogP contribution in [0.1, 0.15) is 43.7 Å². The number of hydrogen-bond acceptors (Lipinski definition) is 8. The average molecular weight is 524 g/mol. The Kier molecular flexibility index (Phi) is 9.27. The second-order valence-corrected chi connectivity index (χ2v) is 9.28. The summed E-state index contributed by atoms with van der Waals surface area (Å²) in [5.41, 5.74) is -0.496. The zero-order valence-corrected chi connectivity index (χ0v) is 20.3. The maximum Gasteiger partial charge on any atom is 0.577 e. The molecule has 0 fully saturated rings. The molecule has 0 aliphatic heterocycles. The Hall–Kier alpha value is -4.32. The van der Waals surface area contributed by atoms with Crippen LogP contribution in [0.25, 0.3) is 0 Å². The molecule has 2 unspecified atom stereocenters. The maximum atomic E-state index is 13.1. The molecule has 2 atom stereocenters. The molecule has 11 heteroatoms. The van der Waals surface area contributed by atoms with Crippen molar-refractivity contribution in [2.45, 2.75) is 11.8 Å². The van der Waals surface area contributed by atoms with Crippen molar-refractivity contribution >= 4 is 38.3 Å². The van der Waals surface area contributed by atoms with Gasteiger partial charge in [-0.25, -0.2) is 9.59 Å². The SMILES string of the molecule is O=C(O)c1cccc([Si](OC(=O)C(CO)c2ccccc2)OC(=O)C(CO)c2ccccc2)c1C(=O)O. The zero-order valence-electron chi connectivity index (χ0n) is 19.3. The van der Waals surface area contributed by atoms with Gasteiger partial charge in [-0.1, -0.05) is 72.8 Å². The molecule has 0 heterocycles. The second kappa shape index (κ2) is 12.6. The third-order valence-corrected chi connectivity index (χ3v) is 7.08. The van der Waals surface area contributed by atoms with Crippen molar-refractivity contribution in [1.82, 2.24) is 0 Å². The van der Waals surface area contributed by atoms with Crippen molar-refractivity contribution in [1.29, 1.82) is 0 Å². The molecule has 10 nitrogen and oxygen atoms in total. The number of carboxylic acids is 2. The number of hydrogen-bond donors (Lipinski definition) is 4. The van der Waals surface area contributed by atoms with Crippen LogP contribution >= 0.6 is 0 Å². The lowest BCUT2D eigenvalue weighted by atomic mass is 10.0. The van der Waals surface area contributed by atoms with Gasteiger partial charge in [0.1, 0.15) is 11.8 Å². The molecule has 0 saturated heterocycles. The van der Waals surface area contributed by atoms with Crippen LogP contribution in [0.3, 0.4) is 0 Å². The minimum Gasteiger partial charge on any atom is -0.479 e. The van der Waals surface area contributed by atoms with E-state index in [0.29, 0.717) is 11.1 Å². The van der Waals surface area contributed by atoms with Gasteiger partial charge in [-0.05, 0) is 17.2 Å². The second-order valence-electron chi connectivity index (χ2n) is 7.76. The third kappa shape index (κ3) is 6.47. The lowest BCUT2D eigenvalue weighted by Gasteiger charge is -2.22. The van der Waals surface area contributed by atoms with Gasteiger partial charge in [-0.3, -0.25) is 9.59 Å². The summed E-state index contributed by atoms with van der Waals surface area (Å²) in [7, 11) is -3.34. The predicted molar refractivity (Wildman–Crippen MR) is 130 cm³/mol. The van der Waals surface area contributed by atoms with E-state index in [-0.39, 0.29) is 5.19 Å². The highest BCUT2D eigenvalue weighted by Crippen LogP contribution is 2.21. The lowest BCUT2D eigenvalue weighted by molar-refractivity contribution is -0.142. The zero-order chi connectivity index (χ0) is 26.9. The molecule has 3 aromatic carbocycles. The Bertz CT molecular complexity index is 1200. The van der Waals surface area contributed by atoms with E-state index in [0.717, 1.165) is 6.07 Å². The van der Waals surface area contributed by atoms with Crippen LogP contribution in [0.4, 0.5) is 0 Å². The van der Waals surface area contributed by atoms with Gasteiger partial charge in [0.05, 0.1) is 24.3 Å². The minimum atomic E-state index is -3.34. The summed E-state index contributed by atoms with van der Waals surface area (Å²) in [6, 6.07) is 19.8. The number of carbonyl (C=O) groups excluding carboxylic acids is 2. The first-order valence-corrected chi connectivity index (χ1v) is 12.3. The van der Waals surface area contributed by atoms with Crippen molar-refractivity contribution < 1.29 is 48.5 Å². The topological polar surface area (TPSA) is 168 Å². The van der Waals surface area contributed by atoms with Crippen LogP contribution in [-0.2, 0) is 18.4 Å². The molecule has 0 spiro atoms. The van der Waals surface area contributed by atoms with Crippen molar-refractivity contribution in [2.75, 3.05) is 13.2 Å². The summed E-state index contributed by atoms with van der Waals surface area (Å²) in [6.07, 6.45) is 0. The number of aliphatic hydroxyl groups is 2. The smallest absolute Gasteiger partial charge is 0.479 e. The monoisotopic (exact) mass is 523 g/mol. The first-order chi connectivity index (χ1) is 17.8.